The molecule has 0 spiro atoms. The third-order valence-corrected chi connectivity index (χ3v) is 2.88. The molecular formula is C14H17FO2. The van der Waals surface area contributed by atoms with Crippen molar-refractivity contribution in [3.63, 3.8) is 0 Å². The second-order valence-corrected chi connectivity index (χ2v) is 4.19. The molecule has 1 aromatic carbocycles. The van der Waals surface area contributed by atoms with Gasteiger partial charge in [-0.05, 0) is 31.4 Å². The van der Waals surface area contributed by atoms with E-state index >= 15 is 0 Å². The van der Waals surface area contributed by atoms with E-state index in [1.165, 1.54) is 0 Å². The Bertz CT molecular complexity index is 438. The van der Waals surface area contributed by atoms with Crippen LogP contribution in [0.25, 0.3) is 0 Å². The van der Waals surface area contributed by atoms with Crippen LogP contribution in [0.2, 0.25) is 0 Å². The predicted molar refractivity (Wildman–Crippen MR) is 65.1 cm³/mol. The van der Waals surface area contributed by atoms with Crippen molar-refractivity contribution in [1.82, 2.24) is 0 Å². The molecule has 0 saturated carbocycles. The van der Waals surface area contributed by atoms with Crippen molar-refractivity contribution >= 4 is 11.6 Å². The van der Waals surface area contributed by atoms with Gasteiger partial charge < -0.3 is 0 Å². The van der Waals surface area contributed by atoms with Crippen molar-refractivity contribution in [3.8, 4) is 0 Å². The molecule has 3 heteroatoms. The highest BCUT2D eigenvalue weighted by Crippen LogP contribution is 2.17. The van der Waals surface area contributed by atoms with E-state index in [9.17, 15) is 14.0 Å². The Morgan fingerprint density at radius 3 is 2.53 bits per heavy atom. The van der Waals surface area contributed by atoms with Gasteiger partial charge in [-0.2, -0.15) is 0 Å². The van der Waals surface area contributed by atoms with Crippen molar-refractivity contribution in [2.24, 2.45) is 0 Å². The smallest absolute Gasteiger partial charge is 0.220 e. The van der Waals surface area contributed by atoms with E-state index < -0.39 is 17.7 Å². The van der Waals surface area contributed by atoms with Gasteiger partial charge in [-0.3, -0.25) is 9.59 Å². The number of halogens is 1. The van der Waals surface area contributed by atoms with E-state index in [0.29, 0.717) is 12.0 Å². The van der Waals surface area contributed by atoms with E-state index in [2.05, 4.69) is 0 Å². The standard InChI is InChI=1S/C14H17FO2/c1-4-6-12(16)13(15)14(17)11-8-5-7-9(2)10(11)3/h5,7-8,13H,4,6H2,1-3H3. The second kappa shape index (κ2) is 5.71. The highest BCUT2D eigenvalue weighted by Gasteiger charge is 2.27. The van der Waals surface area contributed by atoms with E-state index in [4.69, 9.17) is 0 Å². The summed E-state index contributed by atoms with van der Waals surface area (Å²) in [6.07, 6.45) is -1.35. The van der Waals surface area contributed by atoms with Gasteiger partial charge in [0, 0.05) is 12.0 Å². The summed E-state index contributed by atoms with van der Waals surface area (Å²) < 4.78 is 13.7. The average molecular weight is 236 g/mol. The largest absolute Gasteiger partial charge is 0.296 e. The maximum atomic E-state index is 13.7. The molecule has 0 aliphatic carbocycles. The van der Waals surface area contributed by atoms with Crippen LogP contribution in [0.1, 0.15) is 41.3 Å². The summed E-state index contributed by atoms with van der Waals surface area (Å²) in [6, 6.07) is 5.12. The molecule has 92 valence electrons. The summed E-state index contributed by atoms with van der Waals surface area (Å²) in [6.45, 7) is 5.40. The molecule has 0 saturated heterocycles. The molecule has 0 aliphatic rings. The molecule has 0 N–H and O–H groups in total. The fourth-order valence-corrected chi connectivity index (χ4v) is 1.67. The van der Waals surface area contributed by atoms with Crippen molar-refractivity contribution in [2.75, 3.05) is 0 Å². The molecule has 17 heavy (non-hydrogen) atoms. The first-order valence-corrected chi connectivity index (χ1v) is 5.76. The number of hydrogen-bond acceptors (Lipinski definition) is 2. The lowest BCUT2D eigenvalue weighted by atomic mass is 9.96. The number of alkyl halides is 1. The molecule has 1 aromatic rings. The van der Waals surface area contributed by atoms with Crippen LogP contribution in [-0.4, -0.2) is 17.7 Å². The van der Waals surface area contributed by atoms with Crippen LogP contribution in [-0.2, 0) is 4.79 Å². The molecule has 0 heterocycles. The first-order valence-electron chi connectivity index (χ1n) is 5.76. The molecule has 1 rings (SSSR count). The number of carbonyl (C=O) groups is 2. The van der Waals surface area contributed by atoms with Gasteiger partial charge in [-0.15, -0.1) is 0 Å². The quantitative estimate of drug-likeness (QED) is 0.581. The second-order valence-electron chi connectivity index (χ2n) is 4.19. The van der Waals surface area contributed by atoms with Crippen LogP contribution in [0.5, 0.6) is 0 Å². The van der Waals surface area contributed by atoms with Crippen molar-refractivity contribution in [2.45, 2.75) is 39.8 Å². The number of ketones is 2. The van der Waals surface area contributed by atoms with Crippen LogP contribution < -0.4 is 0 Å². The number of Topliss-reactive ketones (excluding diaryl/α,β-unsaturated/α-hetero) is 2. The van der Waals surface area contributed by atoms with Crippen LogP contribution in [0.4, 0.5) is 4.39 Å². The van der Waals surface area contributed by atoms with Crippen LogP contribution in [0.3, 0.4) is 0 Å². The maximum Gasteiger partial charge on any atom is 0.220 e. The molecule has 0 amide bonds. The molecular weight excluding hydrogens is 219 g/mol. The van der Waals surface area contributed by atoms with E-state index in [1.807, 2.05) is 13.0 Å². The Morgan fingerprint density at radius 2 is 1.94 bits per heavy atom. The van der Waals surface area contributed by atoms with Gasteiger partial charge in [-0.25, -0.2) is 4.39 Å². The highest BCUT2D eigenvalue weighted by molar-refractivity contribution is 6.13. The maximum absolute atomic E-state index is 13.7. The van der Waals surface area contributed by atoms with Gasteiger partial charge >= 0.3 is 0 Å². The lowest BCUT2D eigenvalue weighted by molar-refractivity contribution is -0.122. The average Bonchev–Trinajstić information content (AvgIpc) is 2.31. The molecule has 0 aliphatic heterocycles. The first-order chi connectivity index (χ1) is 7.99. The number of aryl methyl sites for hydroxylation is 1. The Balaban J connectivity index is 2.97. The Labute approximate surface area is 101 Å². The summed E-state index contributed by atoms with van der Waals surface area (Å²) in [4.78, 5) is 23.2. The molecule has 0 bridgehead atoms. The summed E-state index contributed by atoms with van der Waals surface area (Å²) >= 11 is 0. The van der Waals surface area contributed by atoms with Crippen molar-refractivity contribution in [3.05, 3.63) is 34.9 Å². The molecule has 2 nitrogen and oxygen atoms in total. The predicted octanol–water partition coefficient (Wildman–Crippen LogP) is 3.19. The summed E-state index contributed by atoms with van der Waals surface area (Å²) in [7, 11) is 0. The monoisotopic (exact) mass is 236 g/mol. The van der Waals surface area contributed by atoms with Gasteiger partial charge in [0.25, 0.3) is 0 Å². The van der Waals surface area contributed by atoms with Crippen molar-refractivity contribution in [1.29, 1.82) is 0 Å². The lowest BCUT2D eigenvalue weighted by Gasteiger charge is -2.10. The summed E-state index contributed by atoms with van der Waals surface area (Å²) in [5.41, 5.74) is 1.97. The normalized spacial score (nSPS) is 12.2. The molecule has 0 radical (unpaired) electrons. The third kappa shape index (κ3) is 2.99. The minimum Gasteiger partial charge on any atom is -0.296 e. The number of benzene rings is 1. The Morgan fingerprint density at radius 1 is 1.29 bits per heavy atom. The minimum atomic E-state index is -2.02. The topological polar surface area (TPSA) is 34.1 Å². The first kappa shape index (κ1) is 13.6. The van der Waals surface area contributed by atoms with E-state index in [1.54, 1.807) is 26.0 Å². The van der Waals surface area contributed by atoms with Gasteiger partial charge in [-0.1, -0.05) is 25.1 Å². The zero-order valence-electron chi connectivity index (χ0n) is 10.4. The molecule has 0 aromatic heterocycles. The summed E-state index contributed by atoms with van der Waals surface area (Å²) in [5, 5.41) is 0. The molecule has 0 fully saturated rings. The van der Waals surface area contributed by atoms with Gasteiger partial charge in [0.05, 0.1) is 0 Å². The number of rotatable bonds is 5. The van der Waals surface area contributed by atoms with Crippen LogP contribution in [0, 0.1) is 13.8 Å². The fourth-order valence-electron chi connectivity index (χ4n) is 1.67. The lowest BCUT2D eigenvalue weighted by Crippen LogP contribution is -2.26. The minimum absolute atomic E-state index is 0.109. The van der Waals surface area contributed by atoms with Gasteiger partial charge in [0.1, 0.15) is 0 Å². The van der Waals surface area contributed by atoms with Gasteiger partial charge in [0.15, 0.2) is 5.78 Å². The Kier molecular flexibility index (Phi) is 4.55. The number of hydrogen-bond donors (Lipinski definition) is 0. The van der Waals surface area contributed by atoms with Crippen LogP contribution >= 0.6 is 0 Å². The highest BCUT2D eigenvalue weighted by atomic mass is 19.1. The van der Waals surface area contributed by atoms with E-state index in [0.717, 1.165) is 11.1 Å². The Hall–Kier alpha value is -1.51. The van der Waals surface area contributed by atoms with Crippen molar-refractivity contribution < 1.29 is 14.0 Å². The fraction of sp³-hybridized carbons (Fsp3) is 0.429. The molecule has 1 unspecified atom stereocenters. The zero-order valence-corrected chi connectivity index (χ0v) is 10.4. The van der Waals surface area contributed by atoms with Crippen LogP contribution in [0.15, 0.2) is 18.2 Å². The summed E-state index contributed by atoms with van der Waals surface area (Å²) in [5.74, 6) is -1.34. The number of carbonyl (C=O) groups excluding carboxylic acids is 2. The molecule has 1 atom stereocenters. The third-order valence-electron chi connectivity index (χ3n) is 2.88. The zero-order chi connectivity index (χ0) is 13.0. The SMILES string of the molecule is CCCC(=O)C(F)C(=O)c1cccc(C)c1C. The van der Waals surface area contributed by atoms with Gasteiger partial charge in [0.2, 0.25) is 12.0 Å². The van der Waals surface area contributed by atoms with E-state index in [-0.39, 0.29) is 6.42 Å².